The quantitative estimate of drug-likeness (QED) is 0.706. The molecule has 0 bridgehead atoms. The minimum absolute atomic E-state index is 0.0454. The van der Waals surface area contributed by atoms with E-state index in [1.165, 1.54) is 0 Å². The summed E-state index contributed by atoms with van der Waals surface area (Å²) in [4.78, 5) is 31.1. The van der Waals surface area contributed by atoms with Crippen molar-refractivity contribution in [3.8, 4) is 0 Å². The first kappa shape index (κ1) is 22.0. The minimum atomic E-state index is -0.760. The number of halogens is 1. The van der Waals surface area contributed by atoms with Crippen molar-refractivity contribution in [3.63, 3.8) is 0 Å². The third-order valence-corrected chi connectivity index (χ3v) is 4.61. The van der Waals surface area contributed by atoms with Gasteiger partial charge in [0.15, 0.2) is 5.58 Å². The van der Waals surface area contributed by atoms with Crippen LogP contribution in [0.4, 0.5) is 15.1 Å². The Hall–Kier alpha value is -2.68. The Balaban J connectivity index is 1.83. The van der Waals surface area contributed by atoms with Gasteiger partial charge < -0.3 is 18.8 Å². The highest BCUT2D eigenvalue weighted by atomic mass is 19.1. The molecule has 0 spiro atoms. The van der Waals surface area contributed by atoms with Crippen LogP contribution in [0.2, 0.25) is 0 Å². The van der Waals surface area contributed by atoms with Crippen molar-refractivity contribution in [2.75, 3.05) is 31.6 Å². The van der Waals surface area contributed by atoms with Crippen molar-refractivity contribution >= 4 is 29.0 Å². The van der Waals surface area contributed by atoms with Crippen LogP contribution in [-0.4, -0.2) is 60.0 Å². The Kier molecular flexibility index (Phi) is 6.60. The number of amides is 1. The average molecular weight is 421 g/mol. The largest absolute Gasteiger partial charge is 0.462 e. The number of hydrogen-bond acceptors (Lipinski definition) is 7. The molecule has 0 aromatic carbocycles. The Morgan fingerprint density at radius 3 is 2.80 bits per heavy atom. The minimum Gasteiger partial charge on any atom is -0.462 e. The lowest BCUT2D eigenvalue weighted by Gasteiger charge is -2.19. The van der Waals surface area contributed by atoms with Crippen molar-refractivity contribution in [2.45, 2.75) is 52.3 Å². The van der Waals surface area contributed by atoms with Crippen molar-refractivity contribution in [1.82, 2.24) is 9.88 Å². The normalized spacial score (nSPS) is 17.3. The number of furan rings is 1. The van der Waals surface area contributed by atoms with E-state index in [9.17, 15) is 14.0 Å². The highest BCUT2D eigenvalue weighted by molar-refractivity contribution is 6.08. The number of fused-ring (bicyclic) bond motifs is 1. The van der Waals surface area contributed by atoms with Gasteiger partial charge in [-0.15, -0.1) is 0 Å². The summed E-state index contributed by atoms with van der Waals surface area (Å²) in [6.45, 7) is 8.96. The van der Waals surface area contributed by atoms with E-state index in [0.29, 0.717) is 37.0 Å². The van der Waals surface area contributed by atoms with E-state index in [1.54, 1.807) is 40.0 Å². The monoisotopic (exact) mass is 421 g/mol. The molecule has 8 nitrogen and oxygen atoms in total. The number of alkyl halides is 1. The van der Waals surface area contributed by atoms with Gasteiger partial charge in [-0.25, -0.2) is 14.0 Å². The molecule has 2 aromatic heterocycles. The summed E-state index contributed by atoms with van der Waals surface area (Å²) in [6.07, 6.45) is 1.38. The van der Waals surface area contributed by atoms with Crippen molar-refractivity contribution in [1.29, 1.82) is 0 Å². The number of nitrogens with zero attached hydrogens (tertiary/aromatic N) is 2. The number of aromatic nitrogens is 1. The molecule has 0 aliphatic carbocycles. The first-order valence-corrected chi connectivity index (χ1v) is 10.1. The molecular formula is C21H28FN3O5. The van der Waals surface area contributed by atoms with Crippen molar-refractivity contribution in [2.24, 2.45) is 0 Å². The molecule has 1 atom stereocenters. The fraction of sp³-hybridized carbons (Fsp3) is 0.571. The van der Waals surface area contributed by atoms with Gasteiger partial charge in [0.2, 0.25) is 5.88 Å². The van der Waals surface area contributed by atoms with Crippen molar-refractivity contribution in [3.05, 3.63) is 23.4 Å². The molecule has 1 unspecified atom stereocenters. The molecule has 1 fully saturated rings. The van der Waals surface area contributed by atoms with Gasteiger partial charge in [-0.3, -0.25) is 10.3 Å². The van der Waals surface area contributed by atoms with E-state index in [-0.39, 0.29) is 18.1 Å². The standard InChI is InChI=1S/C21H28FN3O5/c1-5-28-19(26)16-17-15(29-18(16)24-20(27)30-21(2,3)4)10-13(11-23-17)6-8-25-9-7-14(22)12-25/h10-11,14H,5-9,12H2,1-4H3,(H,24,27). The van der Waals surface area contributed by atoms with E-state index in [0.717, 1.165) is 12.1 Å². The fourth-order valence-corrected chi connectivity index (χ4v) is 3.31. The summed E-state index contributed by atoms with van der Waals surface area (Å²) >= 11 is 0. The Morgan fingerprint density at radius 2 is 2.17 bits per heavy atom. The number of pyridine rings is 1. The lowest BCUT2D eigenvalue weighted by atomic mass is 10.1. The number of nitrogens with one attached hydrogen (secondary N) is 1. The molecule has 2 aromatic rings. The molecule has 3 heterocycles. The van der Waals surface area contributed by atoms with Gasteiger partial charge in [0.25, 0.3) is 0 Å². The zero-order valence-electron chi connectivity index (χ0n) is 17.8. The first-order chi connectivity index (χ1) is 14.2. The topological polar surface area (TPSA) is 93.9 Å². The van der Waals surface area contributed by atoms with Crippen LogP contribution in [0.3, 0.4) is 0 Å². The number of likely N-dealkylation sites (tertiary alicyclic amines) is 1. The molecule has 1 aliphatic heterocycles. The molecule has 1 aliphatic rings. The second kappa shape index (κ2) is 8.99. The Bertz CT molecular complexity index is 921. The van der Waals surface area contributed by atoms with E-state index in [2.05, 4.69) is 15.2 Å². The molecule has 0 radical (unpaired) electrons. The lowest BCUT2D eigenvalue weighted by molar-refractivity contribution is 0.0529. The van der Waals surface area contributed by atoms with Crippen LogP contribution in [-0.2, 0) is 15.9 Å². The molecular weight excluding hydrogens is 393 g/mol. The zero-order chi connectivity index (χ0) is 21.9. The summed E-state index contributed by atoms with van der Waals surface area (Å²) in [7, 11) is 0. The second-order valence-corrected chi connectivity index (χ2v) is 8.28. The summed E-state index contributed by atoms with van der Waals surface area (Å²) in [5.74, 6) is -0.712. The van der Waals surface area contributed by atoms with Gasteiger partial charge >= 0.3 is 12.1 Å². The number of esters is 1. The van der Waals surface area contributed by atoms with Crippen molar-refractivity contribution < 1.29 is 27.9 Å². The highest BCUT2D eigenvalue weighted by Crippen LogP contribution is 2.30. The summed E-state index contributed by atoms with van der Waals surface area (Å²) < 4.78 is 29.4. The molecule has 1 N–H and O–H groups in total. The van der Waals surface area contributed by atoms with Gasteiger partial charge in [0.05, 0.1) is 6.61 Å². The van der Waals surface area contributed by atoms with Crippen LogP contribution in [0.5, 0.6) is 0 Å². The maximum absolute atomic E-state index is 13.3. The number of ether oxygens (including phenoxy) is 2. The SMILES string of the molecule is CCOC(=O)c1c(NC(=O)OC(C)(C)C)oc2cc(CCN3CCC(F)C3)cnc12. The van der Waals surface area contributed by atoms with E-state index in [4.69, 9.17) is 13.9 Å². The first-order valence-electron chi connectivity index (χ1n) is 10.1. The van der Waals surface area contributed by atoms with Gasteiger partial charge in [0.1, 0.15) is 22.9 Å². The fourth-order valence-electron chi connectivity index (χ4n) is 3.31. The Morgan fingerprint density at radius 1 is 1.40 bits per heavy atom. The Labute approximate surface area is 174 Å². The highest BCUT2D eigenvalue weighted by Gasteiger charge is 2.27. The van der Waals surface area contributed by atoms with Crippen LogP contribution in [0.1, 0.15) is 50.0 Å². The van der Waals surface area contributed by atoms with Gasteiger partial charge in [-0.1, -0.05) is 0 Å². The number of carbonyl (C=O) groups is 2. The lowest BCUT2D eigenvalue weighted by Crippen LogP contribution is -2.27. The third kappa shape index (κ3) is 5.47. The van der Waals surface area contributed by atoms with E-state index < -0.39 is 23.8 Å². The van der Waals surface area contributed by atoms with Gasteiger partial charge in [0, 0.05) is 25.8 Å². The number of anilines is 1. The van der Waals surface area contributed by atoms with Crippen LogP contribution in [0, 0.1) is 0 Å². The maximum Gasteiger partial charge on any atom is 0.414 e. The summed E-state index contributed by atoms with van der Waals surface area (Å²) in [5.41, 5.74) is 0.876. The molecule has 164 valence electrons. The number of carbonyl (C=O) groups excluding carboxylic acids is 2. The molecule has 1 saturated heterocycles. The molecule has 30 heavy (non-hydrogen) atoms. The van der Waals surface area contributed by atoms with Crippen LogP contribution < -0.4 is 5.32 Å². The average Bonchev–Trinajstić information content (AvgIpc) is 3.20. The summed E-state index contributed by atoms with van der Waals surface area (Å²) in [5, 5.41) is 2.48. The van der Waals surface area contributed by atoms with E-state index in [1.807, 2.05) is 0 Å². The van der Waals surface area contributed by atoms with Crippen LogP contribution in [0.25, 0.3) is 11.1 Å². The van der Waals surface area contributed by atoms with Gasteiger partial charge in [-0.05, 0) is 52.2 Å². The molecule has 3 rings (SSSR count). The van der Waals surface area contributed by atoms with Crippen LogP contribution >= 0.6 is 0 Å². The smallest absolute Gasteiger partial charge is 0.414 e. The molecule has 1 amide bonds. The number of hydrogen-bond donors (Lipinski definition) is 1. The number of rotatable bonds is 6. The third-order valence-electron chi connectivity index (χ3n) is 4.61. The zero-order valence-corrected chi connectivity index (χ0v) is 17.8. The second-order valence-electron chi connectivity index (χ2n) is 8.28. The predicted octanol–water partition coefficient (Wildman–Crippen LogP) is 3.94. The van der Waals surface area contributed by atoms with Gasteiger partial charge in [-0.2, -0.15) is 0 Å². The predicted molar refractivity (Wildman–Crippen MR) is 109 cm³/mol. The maximum atomic E-state index is 13.3. The molecule has 9 heteroatoms. The van der Waals surface area contributed by atoms with E-state index >= 15 is 0 Å². The summed E-state index contributed by atoms with van der Waals surface area (Å²) in [6, 6.07) is 1.77. The van der Waals surface area contributed by atoms with Crippen LogP contribution in [0.15, 0.2) is 16.7 Å². The molecule has 0 saturated carbocycles.